The monoisotopic (exact) mass is 406 g/mol. The van der Waals surface area contributed by atoms with Crippen molar-refractivity contribution in [3.63, 3.8) is 0 Å². The smallest absolute Gasteiger partial charge is 0.408 e. The van der Waals surface area contributed by atoms with Crippen molar-refractivity contribution in [1.29, 1.82) is 0 Å². The highest BCUT2D eigenvalue weighted by Crippen LogP contribution is 2.23. The molecule has 9 nitrogen and oxygen atoms in total. The molecule has 3 N–H and O–H groups in total. The van der Waals surface area contributed by atoms with Gasteiger partial charge in [0.25, 0.3) is 0 Å². The van der Waals surface area contributed by atoms with Gasteiger partial charge in [-0.1, -0.05) is 6.07 Å². The van der Waals surface area contributed by atoms with Crippen LogP contribution < -0.4 is 15.8 Å². The quantitative estimate of drug-likeness (QED) is 0.400. The maximum atomic E-state index is 12.0. The zero-order chi connectivity index (χ0) is 22.2. The topological polar surface area (TPSA) is 134 Å². The minimum atomic E-state index is -1.03. The molecule has 0 heterocycles. The third-order valence-corrected chi connectivity index (χ3v) is 3.40. The van der Waals surface area contributed by atoms with Crippen LogP contribution in [0, 0.1) is 0 Å². The van der Waals surface area contributed by atoms with Gasteiger partial charge in [0.1, 0.15) is 17.4 Å². The number of amides is 2. The first-order valence-electron chi connectivity index (χ1n) is 8.77. The number of primary amides is 1. The molecule has 0 radical (unpaired) electrons. The maximum Gasteiger partial charge on any atom is 0.408 e. The van der Waals surface area contributed by atoms with Gasteiger partial charge in [0, 0.05) is 25.0 Å². The molecule has 9 heteroatoms. The average molecular weight is 406 g/mol. The lowest BCUT2D eigenvalue weighted by Gasteiger charge is -2.22. The number of carbonyl (C=O) groups is 4. The van der Waals surface area contributed by atoms with Crippen molar-refractivity contribution >= 4 is 30.0 Å². The Morgan fingerprint density at radius 2 is 1.86 bits per heavy atom. The van der Waals surface area contributed by atoms with Crippen LogP contribution in [0.4, 0.5) is 4.79 Å². The minimum Gasteiger partial charge on any atom is -0.466 e. The number of nitrogens with two attached hydrogens (primary N) is 1. The lowest BCUT2D eigenvalue weighted by molar-refractivity contribution is -0.135. The van der Waals surface area contributed by atoms with E-state index in [0.717, 1.165) is 6.08 Å². The van der Waals surface area contributed by atoms with Gasteiger partial charge in [-0.3, -0.25) is 9.59 Å². The Hall–Kier alpha value is -3.36. The molecule has 1 rings (SSSR count). The maximum absolute atomic E-state index is 12.0. The van der Waals surface area contributed by atoms with Gasteiger partial charge >= 0.3 is 18.0 Å². The largest absolute Gasteiger partial charge is 0.466 e. The number of nitrogens with one attached hydrogen (secondary N) is 1. The van der Waals surface area contributed by atoms with Gasteiger partial charge in [-0.2, -0.15) is 0 Å². The molecule has 29 heavy (non-hydrogen) atoms. The first-order chi connectivity index (χ1) is 13.4. The summed E-state index contributed by atoms with van der Waals surface area (Å²) in [6, 6.07) is 3.70. The summed E-state index contributed by atoms with van der Waals surface area (Å²) < 4.78 is 14.8. The lowest BCUT2D eigenvalue weighted by atomic mass is 10.0. The summed E-state index contributed by atoms with van der Waals surface area (Å²) in [5, 5.41) is 2.43. The molecule has 1 aromatic carbocycles. The minimum absolute atomic E-state index is 0.0635. The second-order valence-electron chi connectivity index (χ2n) is 7.13. The van der Waals surface area contributed by atoms with Crippen molar-refractivity contribution in [2.75, 3.05) is 7.11 Å². The molecule has 0 fully saturated rings. The Morgan fingerprint density at radius 1 is 1.21 bits per heavy atom. The van der Waals surface area contributed by atoms with E-state index in [1.54, 1.807) is 32.9 Å². The molecular formula is C20H26N2O7. The Balaban J connectivity index is 3.09. The van der Waals surface area contributed by atoms with Crippen molar-refractivity contribution in [2.24, 2.45) is 5.73 Å². The van der Waals surface area contributed by atoms with E-state index < -0.39 is 35.6 Å². The molecule has 1 aromatic rings. The third-order valence-electron chi connectivity index (χ3n) is 3.40. The number of methoxy groups -OCH3 is 1. The van der Waals surface area contributed by atoms with Gasteiger partial charge in [0.15, 0.2) is 0 Å². The average Bonchev–Trinajstić information content (AvgIpc) is 2.58. The van der Waals surface area contributed by atoms with Crippen molar-refractivity contribution < 1.29 is 33.4 Å². The highest BCUT2D eigenvalue weighted by molar-refractivity contribution is 5.88. The molecule has 1 atom stereocenters. The van der Waals surface area contributed by atoms with Crippen LogP contribution in [0.15, 0.2) is 24.3 Å². The second kappa shape index (κ2) is 10.3. The number of hydrogen-bond acceptors (Lipinski definition) is 7. The Bertz CT molecular complexity index is 810. The summed E-state index contributed by atoms with van der Waals surface area (Å²) in [6.45, 7) is 6.33. The zero-order valence-corrected chi connectivity index (χ0v) is 17.1. The fourth-order valence-electron chi connectivity index (χ4n) is 2.24. The molecule has 0 aliphatic heterocycles. The zero-order valence-electron chi connectivity index (χ0n) is 17.1. The number of carbonyl (C=O) groups excluding carboxylic acids is 4. The molecule has 0 bridgehead atoms. The summed E-state index contributed by atoms with van der Waals surface area (Å²) >= 11 is 0. The van der Waals surface area contributed by atoms with Gasteiger partial charge in [0.05, 0.1) is 7.11 Å². The van der Waals surface area contributed by atoms with E-state index in [1.165, 1.54) is 26.2 Å². The molecule has 0 aliphatic rings. The van der Waals surface area contributed by atoms with Crippen LogP contribution >= 0.6 is 0 Å². The normalized spacial score (nSPS) is 12.2. The van der Waals surface area contributed by atoms with Crippen LogP contribution in [0.25, 0.3) is 6.08 Å². The Morgan fingerprint density at radius 3 is 2.38 bits per heavy atom. The van der Waals surface area contributed by atoms with Crippen LogP contribution in [0.5, 0.6) is 5.75 Å². The summed E-state index contributed by atoms with van der Waals surface area (Å²) in [4.78, 5) is 46.4. The highest BCUT2D eigenvalue weighted by Gasteiger charge is 2.23. The van der Waals surface area contributed by atoms with Gasteiger partial charge < -0.3 is 25.3 Å². The summed E-state index contributed by atoms with van der Waals surface area (Å²) in [5.41, 5.74) is 5.67. The molecule has 0 saturated carbocycles. The molecule has 0 saturated heterocycles. The van der Waals surface area contributed by atoms with E-state index in [2.05, 4.69) is 10.1 Å². The van der Waals surface area contributed by atoms with Gasteiger partial charge in [-0.15, -0.1) is 0 Å². The van der Waals surface area contributed by atoms with E-state index in [1.807, 2.05) is 0 Å². The van der Waals surface area contributed by atoms with Crippen LogP contribution in [-0.4, -0.2) is 42.7 Å². The molecule has 0 aromatic heterocycles. The van der Waals surface area contributed by atoms with Crippen LogP contribution in [0.2, 0.25) is 0 Å². The molecule has 158 valence electrons. The van der Waals surface area contributed by atoms with Gasteiger partial charge in [-0.25, -0.2) is 9.59 Å². The fraction of sp³-hybridized carbons (Fsp3) is 0.400. The van der Waals surface area contributed by atoms with Crippen molar-refractivity contribution in [2.45, 2.75) is 45.8 Å². The Kier molecular flexibility index (Phi) is 8.38. The first-order valence-corrected chi connectivity index (χ1v) is 8.77. The van der Waals surface area contributed by atoms with E-state index in [4.69, 9.17) is 15.2 Å². The molecule has 0 spiro atoms. The second-order valence-corrected chi connectivity index (χ2v) is 7.13. The molecule has 2 amide bonds. The SMILES string of the molecule is COC(=O)/C=C/c1cc(CC(NC(=O)OC(C)(C)C)C(N)=O)ccc1OC(C)=O. The van der Waals surface area contributed by atoms with E-state index in [-0.39, 0.29) is 12.2 Å². The van der Waals surface area contributed by atoms with E-state index in [0.29, 0.717) is 11.1 Å². The molecular weight excluding hydrogens is 380 g/mol. The predicted octanol–water partition coefficient (Wildman–Crippen LogP) is 1.72. The number of ether oxygens (including phenoxy) is 3. The van der Waals surface area contributed by atoms with Crippen molar-refractivity contribution in [3.8, 4) is 5.75 Å². The van der Waals surface area contributed by atoms with Crippen LogP contribution in [0.3, 0.4) is 0 Å². The predicted molar refractivity (Wildman–Crippen MR) is 105 cm³/mol. The summed E-state index contributed by atoms with van der Waals surface area (Å²) in [5.74, 6) is -1.65. The third kappa shape index (κ3) is 8.91. The number of benzene rings is 1. The standard InChI is InChI=1S/C20H26N2O7/c1-12(23)28-16-8-6-13(10-14(16)7-9-17(24)27-5)11-15(18(21)25)22-19(26)29-20(2,3)4/h6-10,15H,11H2,1-5H3,(H2,21,25)(H,22,26)/b9-7+. The highest BCUT2D eigenvalue weighted by atomic mass is 16.6. The van der Waals surface area contributed by atoms with E-state index in [9.17, 15) is 19.2 Å². The number of alkyl carbamates (subject to hydrolysis) is 1. The van der Waals surface area contributed by atoms with E-state index >= 15 is 0 Å². The number of esters is 2. The number of hydrogen-bond donors (Lipinski definition) is 2. The first kappa shape index (κ1) is 23.7. The van der Waals surface area contributed by atoms with Crippen LogP contribution in [0.1, 0.15) is 38.8 Å². The summed E-state index contributed by atoms with van der Waals surface area (Å²) in [6.07, 6.45) is 1.86. The molecule has 0 aliphatic carbocycles. The summed E-state index contributed by atoms with van der Waals surface area (Å²) in [7, 11) is 1.23. The Labute approximate surface area is 169 Å². The van der Waals surface area contributed by atoms with Crippen molar-refractivity contribution in [1.82, 2.24) is 5.32 Å². The van der Waals surface area contributed by atoms with Crippen molar-refractivity contribution in [3.05, 3.63) is 35.4 Å². The lowest BCUT2D eigenvalue weighted by Crippen LogP contribution is -2.47. The van der Waals surface area contributed by atoms with Gasteiger partial charge in [-0.05, 0) is 44.5 Å². The number of rotatable bonds is 7. The van der Waals surface area contributed by atoms with Gasteiger partial charge in [0.2, 0.25) is 5.91 Å². The fourth-order valence-corrected chi connectivity index (χ4v) is 2.24. The van der Waals surface area contributed by atoms with Crippen LogP contribution in [-0.2, 0) is 30.3 Å². The molecule has 1 unspecified atom stereocenters.